The lowest BCUT2D eigenvalue weighted by molar-refractivity contribution is -0.149. The van der Waals surface area contributed by atoms with Gasteiger partial charge in [0.05, 0.1) is 58.7 Å². The van der Waals surface area contributed by atoms with E-state index in [-0.39, 0.29) is 48.7 Å². The summed E-state index contributed by atoms with van der Waals surface area (Å²) in [5, 5.41) is 20.3. The van der Waals surface area contributed by atoms with E-state index in [2.05, 4.69) is 25.8 Å². The van der Waals surface area contributed by atoms with E-state index in [0.29, 0.717) is 83.1 Å². The second kappa shape index (κ2) is 36.5. The Kier molecular flexibility index (Phi) is 30.8. The number of alkyl carbamates (subject to hydrolysis) is 1. The maximum absolute atomic E-state index is 14.4. The second-order valence-electron chi connectivity index (χ2n) is 21.9. The first kappa shape index (κ1) is 65.8. The van der Waals surface area contributed by atoms with Crippen LogP contribution in [0.25, 0.3) is 0 Å². The Bertz CT molecular complexity index is 2060. The molecule has 1 aliphatic carbocycles. The van der Waals surface area contributed by atoms with Crippen LogP contribution in [0.4, 0.5) is 4.79 Å². The van der Waals surface area contributed by atoms with Gasteiger partial charge in [-0.2, -0.15) is 0 Å². The number of ether oxygens (including phenoxy) is 5. The summed E-state index contributed by atoms with van der Waals surface area (Å²) in [5.74, 6) is -3.16. The summed E-state index contributed by atoms with van der Waals surface area (Å²) in [6.07, 6.45) is 13.1. The largest absolute Gasteiger partial charge is 0.481 e. The fourth-order valence-corrected chi connectivity index (χ4v) is 11.1. The fraction of sp³-hybridized carbons (Fsp3) is 0.741. The molecule has 0 spiro atoms. The van der Waals surface area contributed by atoms with Crippen LogP contribution in [0.5, 0.6) is 0 Å². The lowest BCUT2D eigenvalue weighted by atomic mass is 9.93. The Morgan fingerprint density at radius 3 is 2.06 bits per heavy atom. The normalized spacial score (nSPS) is 17.4. The third kappa shape index (κ3) is 24.7. The predicted molar refractivity (Wildman–Crippen MR) is 301 cm³/mol. The summed E-state index contributed by atoms with van der Waals surface area (Å²) in [4.78, 5) is 88.6. The number of likely N-dealkylation sites (N-methyl/N-ethyl adjacent to an activating group) is 2. The first-order valence-electron chi connectivity index (χ1n) is 28.8. The molecule has 1 aromatic carbocycles. The molecule has 2 fully saturated rings. The maximum Gasteiger partial charge on any atom is 0.407 e. The number of carbonyl (C=O) groups is 6. The van der Waals surface area contributed by atoms with Crippen LogP contribution in [0.2, 0.25) is 0 Å². The third-order valence-electron chi connectivity index (χ3n) is 15.2. The zero-order chi connectivity index (χ0) is 56.8. The van der Waals surface area contributed by atoms with Crippen molar-refractivity contribution in [2.75, 3.05) is 93.1 Å². The van der Waals surface area contributed by atoms with E-state index in [4.69, 9.17) is 23.7 Å². The van der Waals surface area contributed by atoms with E-state index in [9.17, 15) is 33.9 Å². The highest BCUT2D eigenvalue weighted by atomic mass is 32.1. The molecule has 6 atom stereocenters. The number of aliphatic carboxylic acids is 1. The molecule has 1 unspecified atom stereocenters. The standard InChI is InChI=1S/C58H95N7O12S/c1-9-42(4)53(56(69)64(8)50(41(2)3)37-51(77-44(6)66)55-61-49(40-78-55)54(68)60-47(35-43(5)57(70)71)36-45-19-15-14-16-20-45)62-52(67)38-63(7)28-30-74-32-34-75-33-31-73-29-25-59-58(72)76-39-46-23-26-65(27-24-46)48-21-17-12-10-11-13-18-22-48/h14-16,19-20,40-43,46-48,50-51,53H,9-13,17-18,21-39H2,1-8H3,(H,59,72)(H,60,68)(H,62,67)(H,70,71)/t42-,43+,47-,50-,51?,53+/m1/s1. The molecule has 2 aromatic rings. The van der Waals surface area contributed by atoms with Gasteiger partial charge in [-0.15, -0.1) is 11.3 Å². The quantitative estimate of drug-likeness (QED) is 0.0393. The van der Waals surface area contributed by atoms with Crippen LogP contribution in [0.1, 0.15) is 152 Å². The molecule has 0 radical (unpaired) electrons. The molecule has 4 amide bonds. The minimum atomic E-state index is -0.959. The highest BCUT2D eigenvalue weighted by molar-refractivity contribution is 7.09. The maximum atomic E-state index is 14.4. The molecule has 4 rings (SSSR count). The van der Waals surface area contributed by atoms with E-state index >= 15 is 0 Å². The van der Waals surface area contributed by atoms with Gasteiger partial charge < -0.3 is 54.5 Å². The number of hydrogen-bond acceptors (Lipinski definition) is 15. The molecular weight excluding hydrogens is 1020 g/mol. The van der Waals surface area contributed by atoms with Crippen LogP contribution in [-0.2, 0) is 49.3 Å². The van der Waals surface area contributed by atoms with Crippen LogP contribution in [-0.4, -0.2) is 178 Å². The first-order valence-corrected chi connectivity index (χ1v) is 29.7. The van der Waals surface area contributed by atoms with Crippen LogP contribution < -0.4 is 16.0 Å². The SMILES string of the molecule is CC[C@@H](C)[C@H](NC(=O)CN(C)CCOCCOCCOCCNC(=O)OCC1CCN(C2CCCCCCCC2)CC1)C(=O)N(C)[C@H](CC(OC(C)=O)c1nc(C(=O)N[C@@H](Cc2ccccc2)C[C@H](C)C(=O)O)cs1)C(C)C. The Labute approximate surface area is 468 Å². The number of piperidine rings is 1. The number of rotatable bonds is 34. The van der Waals surface area contributed by atoms with Gasteiger partial charge in [0.1, 0.15) is 16.7 Å². The summed E-state index contributed by atoms with van der Waals surface area (Å²) in [7, 11) is 3.49. The minimum Gasteiger partial charge on any atom is -0.481 e. The summed E-state index contributed by atoms with van der Waals surface area (Å²) in [6.45, 7) is 16.4. The molecule has 1 saturated carbocycles. The predicted octanol–water partition coefficient (Wildman–Crippen LogP) is 7.53. The van der Waals surface area contributed by atoms with Crippen LogP contribution in [0.15, 0.2) is 35.7 Å². The number of nitrogens with one attached hydrogen (secondary N) is 3. The molecule has 1 aromatic heterocycles. The van der Waals surface area contributed by atoms with E-state index in [1.54, 1.807) is 24.3 Å². The monoisotopic (exact) mass is 1110 g/mol. The highest BCUT2D eigenvalue weighted by Gasteiger charge is 2.36. The number of likely N-dealkylation sites (tertiary alicyclic amines) is 1. The number of benzene rings is 1. The molecule has 0 bridgehead atoms. The van der Waals surface area contributed by atoms with Gasteiger partial charge in [-0.3, -0.25) is 28.9 Å². The van der Waals surface area contributed by atoms with Crippen molar-refractivity contribution in [2.45, 2.75) is 162 Å². The zero-order valence-corrected chi connectivity index (χ0v) is 49.0. The van der Waals surface area contributed by atoms with Crippen LogP contribution in [0.3, 0.4) is 0 Å². The molecule has 1 aliphatic heterocycles. The lowest BCUT2D eigenvalue weighted by Crippen LogP contribution is -2.55. The van der Waals surface area contributed by atoms with Crippen molar-refractivity contribution in [2.24, 2.45) is 23.7 Å². The minimum absolute atomic E-state index is 0.0428. The second-order valence-corrected chi connectivity index (χ2v) is 22.8. The fourth-order valence-electron chi connectivity index (χ4n) is 10.2. The lowest BCUT2D eigenvalue weighted by Gasteiger charge is -2.37. The van der Waals surface area contributed by atoms with Gasteiger partial charge in [-0.05, 0) is 82.0 Å². The average Bonchev–Trinajstić information content (AvgIpc) is 3.97. The Morgan fingerprint density at radius 1 is 0.821 bits per heavy atom. The Morgan fingerprint density at radius 2 is 1.45 bits per heavy atom. The molecule has 20 heteroatoms. The summed E-state index contributed by atoms with van der Waals surface area (Å²) in [6, 6.07) is 8.46. The van der Waals surface area contributed by atoms with Crippen molar-refractivity contribution < 1.29 is 57.6 Å². The van der Waals surface area contributed by atoms with Crippen molar-refractivity contribution in [3.63, 3.8) is 0 Å². The van der Waals surface area contributed by atoms with E-state index in [1.807, 2.05) is 70.0 Å². The van der Waals surface area contributed by atoms with Crippen LogP contribution >= 0.6 is 11.3 Å². The first-order chi connectivity index (χ1) is 37.4. The number of amides is 4. The van der Waals surface area contributed by atoms with Crippen molar-refractivity contribution in [3.05, 3.63) is 52.0 Å². The number of carboxylic acids is 1. The van der Waals surface area contributed by atoms with Gasteiger partial charge in [0.25, 0.3) is 5.91 Å². The van der Waals surface area contributed by atoms with Gasteiger partial charge in [0.15, 0.2) is 6.10 Å². The number of thiazole rings is 1. The topological polar surface area (TPSA) is 228 Å². The van der Waals surface area contributed by atoms with Crippen molar-refractivity contribution in [1.29, 1.82) is 0 Å². The molecule has 2 heterocycles. The van der Waals surface area contributed by atoms with Crippen LogP contribution in [0, 0.1) is 23.7 Å². The number of aromatic nitrogens is 1. The van der Waals surface area contributed by atoms with Crippen molar-refractivity contribution in [1.82, 2.24) is 35.6 Å². The number of esters is 1. The number of nitrogens with zero attached hydrogens (tertiary/aromatic N) is 4. The summed E-state index contributed by atoms with van der Waals surface area (Å²) < 4.78 is 28.3. The van der Waals surface area contributed by atoms with Crippen molar-refractivity contribution >= 4 is 47.1 Å². The summed E-state index contributed by atoms with van der Waals surface area (Å²) >= 11 is 1.16. The van der Waals surface area contributed by atoms with E-state index < -0.39 is 54.1 Å². The number of carbonyl (C=O) groups excluding carboxylic acids is 5. The molecule has 2 aliphatic rings. The van der Waals surface area contributed by atoms with Gasteiger partial charge in [-0.1, -0.05) is 110 Å². The summed E-state index contributed by atoms with van der Waals surface area (Å²) in [5.41, 5.74) is 1.05. The van der Waals surface area contributed by atoms with Crippen molar-refractivity contribution in [3.8, 4) is 0 Å². The smallest absolute Gasteiger partial charge is 0.407 e. The highest BCUT2D eigenvalue weighted by Crippen LogP contribution is 2.32. The Hall–Kier alpha value is -4.73. The zero-order valence-electron chi connectivity index (χ0n) is 48.2. The third-order valence-corrected chi connectivity index (χ3v) is 16.1. The molecule has 78 heavy (non-hydrogen) atoms. The number of hydrogen-bond donors (Lipinski definition) is 4. The van der Waals surface area contributed by atoms with Gasteiger partial charge in [0, 0.05) is 57.0 Å². The molecule has 4 N–H and O–H groups in total. The Balaban J connectivity index is 1.12. The molecular formula is C58H95N7O12S. The van der Waals surface area contributed by atoms with E-state index in [1.165, 1.54) is 58.3 Å². The molecule has 1 saturated heterocycles. The molecule has 440 valence electrons. The van der Waals surface area contributed by atoms with E-state index in [0.717, 1.165) is 48.9 Å². The van der Waals surface area contributed by atoms with Gasteiger partial charge in [0.2, 0.25) is 11.8 Å². The average molecular weight is 1110 g/mol. The van der Waals surface area contributed by atoms with Gasteiger partial charge >= 0.3 is 18.0 Å². The number of carboxylic acid groups (broad SMARTS) is 1. The van der Waals surface area contributed by atoms with Gasteiger partial charge in [-0.25, -0.2) is 9.78 Å². The molecule has 19 nitrogen and oxygen atoms in total.